The van der Waals surface area contributed by atoms with Crippen LogP contribution in [0, 0.1) is 11.8 Å². The zero-order valence-electron chi connectivity index (χ0n) is 18.5. The van der Waals surface area contributed by atoms with Crippen molar-refractivity contribution in [3.05, 3.63) is 30.5 Å². The molecule has 0 bridgehead atoms. The average molecular weight is 385 g/mol. The highest BCUT2D eigenvalue weighted by atomic mass is 15.4. The molecule has 2 rings (SSSR count). The molecule has 156 valence electrons. The second kappa shape index (κ2) is 12.6. The Morgan fingerprint density at radius 3 is 2.07 bits per heavy atom. The van der Waals surface area contributed by atoms with Gasteiger partial charge in [-0.05, 0) is 36.8 Å². The van der Waals surface area contributed by atoms with E-state index in [-0.39, 0.29) is 0 Å². The zero-order chi connectivity index (χ0) is 20.2. The maximum absolute atomic E-state index is 4.28. The van der Waals surface area contributed by atoms with Gasteiger partial charge in [-0.3, -0.25) is 0 Å². The Labute approximate surface area is 172 Å². The predicted octanol–water partition coefficient (Wildman–Crippen LogP) is 6.59. The van der Waals surface area contributed by atoms with Gasteiger partial charge in [0.25, 0.3) is 0 Å². The lowest BCUT2D eigenvalue weighted by Crippen LogP contribution is -2.20. The summed E-state index contributed by atoms with van der Waals surface area (Å²) in [5, 5.41) is 8.52. The van der Waals surface area contributed by atoms with E-state index in [1.807, 2.05) is 22.9 Å². The van der Waals surface area contributed by atoms with Crippen molar-refractivity contribution in [2.24, 2.45) is 11.8 Å². The van der Waals surface area contributed by atoms with Gasteiger partial charge in [0.2, 0.25) is 0 Å². The topological polar surface area (TPSA) is 34.0 Å². The first kappa shape index (κ1) is 22.4. The van der Waals surface area contributed by atoms with Crippen LogP contribution in [0.1, 0.15) is 79.1 Å². The second-order valence-electron chi connectivity index (χ2n) is 8.84. The van der Waals surface area contributed by atoms with Crippen molar-refractivity contribution in [1.82, 2.24) is 19.9 Å². The predicted molar refractivity (Wildman–Crippen MR) is 121 cm³/mol. The van der Waals surface area contributed by atoms with E-state index in [0.29, 0.717) is 0 Å². The van der Waals surface area contributed by atoms with Crippen LogP contribution in [0.25, 0.3) is 17.2 Å². The molecule has 0 N–H and O–H groups in total. The smallest absolute Gasteiger partial charge is 0.113 e. The maximum Gasteiger partial charge on any atom is 0.113 e. The largest absolute Gasteiger partial charge is 0.376 e. The van der Waals surface area contributed by atoms with E-state index in [1.165, 1.54) is 51.4 Å². The summed E-state index contributed by atoms with van der Waals surface area (Å²) in [4.78, 5) is 2.47. The number of fused-ring (bicyclic) bond motifs is 1. The minimum absolute atomic E-state index is 0.817. The molecule has 1 heterocycles. The van der Waals surface area contributed by atoms with Crippen molar-refractivity contribution < 1.29 is 0 Å². The number of hydrogen-bond donors (Lipinski definition) is 0. The third-order valence-corrected chi connectivity index (χ3v) is 5.25. The Hall–Kier alpha value is -1.84. The summed E-state index contributed by atoms with van der Waals surface area (Å²) < 4.78 is 1.89. The molecule has 0 aliphatic carbocycles. The lowest BCUT2D eigenvalue weighted by molar-refractivity contribution is 0.347. The summed E-state index contributed by atoms with van der Waals surface area (Å²) >= 11 is 0. The standard InChI is InChI=1S/C24H40N4/c1-21(2)13-7-5-11-17-27(18-12-6-8-14-22(3)4)19-20-28-24-16-10-9-15-23(24)25-26-28/h9-10,15-16,19-22H,5-8,11-14,17-18H2,1-4H3. The first-order valence-electron chi connectivity index (χ1n) is 11.3. The molecule has 4 heteroatoms. The van der Waals surface area contributed by atoms with E-state index in [0.717, 1.165) is 36.0 Å². The molecule has 4 nitrogen and oxygen atoms in total. The van der Waals surface area contributed by atoms with Crippen LogP contribution in [0.3, 0.4) is 0 Å². The summed E-state index contributed by atoms with van der Waals surface area (Å²) in [5.74, 6) is 1.63. The van der Waals surface area contributed by atoms with E-state index < -0.39 is 0 Å². The van der Waals surface area contributed by atoms with Crippen LogP contribution in [0.5, 0.6) is 0 Å². The van der Waals surface area contributed by atoms with Crippen LogP contribution in [0.2, 0.25) is 0 Å². The molecule has 1 aromatic carbocycles. The summed E-state index contributed by atoms with van der Waals surface area (Å²) in [6, 6.07) is 8.12. The van der Waals surface area contributed by atoms with Crippen molar-refractivity contribution in [2.45, 2.75) is 79.1 Å². The van der Waals surface area contributed by atoms with Crippen LogP contribution < -0.4 is 0 Å². The average Bonchev–Trinajstić information content (AvgIpc) is 3.07. The molecule has 1 aromatic heterocycles. The molecule has 0 unspecified atom stereocenters. The molecule has 2 aromatic rings. The highest BCUT2D eigenvalue weighted by Crippen LogP contribution is 2.13. The quantitative estimate of drug-likeness (QED) is 0.344. The van der Waals surface area contributed by atoms with E-state index in [1.54, 1.807) is 0 Å². The molecule has 0 aliphatic rings. The monoisotopic (exact) mass is 384 g/mol. The lowest BCUT2D eigenvalue weighted by Gasteiger charge is -2.20. The van der Waals surface area contributed by atoms with Gasteiger partial charge in [0.05, 0.1) is 5.52 Å². The van der Waals surface area contributed by atoms with Crippen molar-refractivity contribution >= 4 is 17.2 Å². The van der Waals surface area contributed by atoms with E-state index >= 15 is 0 Å². The van der Waals surface area contributed by atoms with Crippen LogP contribution in [-0.4, -0.2) is 33.0 Å². The number of hydrogen-bond acceptors (Lipinski definition) is 3. The maximum atomic E-state index is 4.28. The van der Waals surface area contributed by atoms with Gasteiger partial charge < -0.3 is 4.90 Å². The van der Waals surface area contributed by atoms with Gasteiger partial charge in [0.15, 0.2) is 0 Å². The molecule has 0 spiro atoms. The highest BCUT2D eigenvalue weighted by Gasteiger charge is 2.04. The van der Waals surface area contributed by atoms with E-state index in [4.69, 9.17) is 0 Å². The fourth-order valence-corrected chi connectivity index (χ4v) is 3.50. The summed E-state index contributed by atoms with van der Waals surface area (Å²) in [6.07, 6.45) is 14.8. The second-order valence-corrected chi connectivity index (χ2v) is 8.84. The summed E-state index contributed by atoms with van der Waals surface area (Å²) in [5.41, 5.74) is 2.01. The Kier molecular flexibility index (Phi) is 10.1. The first-order chi connectivity index (χ1) is 13.6. The van der Waals surface area contributed by atoms with Gasteiger partial charge in [0.1, 0.15) is 5.52 Å². The number of benzene rings is 1. The molecule has 0 saturated carbocycles. The Bertz CT molecular complexity index is 669. The van der Waals surface area contributed by atoms with Crippen LogP contribution in [0.15, 0.2) is 30.5 Å². The van der Waals surface area contributed by atoms with Gasteiger partial charge in [-0.2, -0.15) is 0 Å². The number of rotatable bonds is 14. The number of unbranched alkanes of at least 4 members (excludes halogenated alkanes) is 4. The fraction of sp³-hybridized carbons (Fsp3) is 0.667. The molecule has 0 aliphatic heterocycles. The Balaban J connectivity index is 1.86. The van der Waals surface area contributed by atoms with Gasteiger partial charge in [-0.15, -0.1) is 5.10 Å². The molecule has 28 heavy (non-hydrogen) atoms. The SMILES string of the molecule is CC(C)CCCCCN(C=Cn1nnc2ccccc21)CCCCCC(C)C. The van der Waals surface area contributed by atoms with Crippen LogP contribution >= 0.6 is 0 Å². The molecular weight excluding hydrogens is 344 g/mol. The fourth-order valence-electron chi connectivity index (χ4n) is 3.50. The highest BCUT2D eigenvalue weighted by molar-refractivity contribution is 5.75. The number of para-hydroxylation sites is 1. The Morgan fingerprint density at radius 1 is 0.857 bits per heavy atom. The Morgan fingerprint density at radius 2 is 1.46 bits per heavy atom. The van der Waals surface area contributed by atoms with Crippen molar-refractivity contribution in [3.8, 4) is 0 Å². The lowest BCUT2D eigenvalue weighted by atomic mass is 10.0. The molecule has 0 saturated heterocycles. The van der Waals surface area contributed by atoms with Gasteiger partial charge >= 0.3 is 0 Å². The number of nitrogens with zero attached hydrogens (tertiary/aromatic N) is 4. The van der Waals surface area contributed by atoms with E-state index in [9.17, 15) is 0 Å². The first-order valence-corrected chi connectivity index (χ1v) is 11.3. The molecule has 0 radical (unpaired) electrons. The minimum Gasteiger partial charge on any atom is -0.376 e. The number of aromatic nitrogens is 3. The molecular formula is C24H40N4. The molecule has 0 fully saturated rings. The van der Waals surface area contributed by atoms with Crippen molar-refractivity contribution in [3.63, 3.8) is 0 Å². The summed E-state index contributed by atoms with van der Waals surface area (Å²) in [7, 11) is 0. The normalized spacial score (nSPS) is 12.1. The van der Waals surface area contributed by atoms with Gasteiger partial charge in [-0.1, -0.05) is 83.6 Å². The van der Waals surface area contributed by atoms with Crippen molar-refractivity contribution in [2.75, 3.05) is 13.1 Å². The zero-order valence-corrected chi connectivity index (χ0v) is 18.5. The van der Waals surface area contributed by atoms with Crippen molar-refractivity contribution in [1.29, 1.82) is 0 Å². The van der Waals surface area contributed by atoms with Crippen LogP contribution in [-0.2, 0) is 0 Å². The van der Waals surface area contributed by atoms with Gasteiger partial charge in [-0.25, -0.2) is 4.68 Å². The van der Waals surface area contributed by atoms with Gasteiger partial charge in [0, 0.05) is 25.5 Å². The third-order valence-electron chi connectivity index (χ3n) is 5.25. The van der Waals surface area contributed by atoms with Crippen LogP contribution in [0.4, 0.5) is 0 Å². The molecule has 0 amide bonds. The third kappa shape index (κ3) is 8.45. The minimum atomic E-state index is 0.817. The van der Waals surface area contributed by atoms with E-state index in [2.05, 4.69) is 61.4 Å². The molecule has 0 atom stereocenters. The summed E-state index contributed by atoms with van der Waals surface area (Å²) in [6.45, 7) is 11.5.